The number of nitrogens with one attached hydrogen (secondary N) is 3. The van der Waals surface area contributed by atoms with Crippen molar-refractivity contribution in [1.29, 1.82) is 0 Å². The molecular weight excluding hydrogens is 701 g/mol. The molecule has 4 fully saturated rings. The number of carbonyl (C=O) groups excluding carboxylic acids is 3. The molecule has 0 aromatic heterocycles. The Morgan fingerprint density at radius 1 is 0.786 bits per heavy atom. The second-order valence-electron chi connectivity index (χ2n) is 16.9. The van der Waals surface area contributed by atoms with Crippen LogP contribution in [0.4, 0.5) is 4.79 Å². The van der Waals surface area contributed by atoms with E-state index < -0.39 is 48.1 Å². The first kappa shape index (κ1) is 39.3. The van der Waals surface area contributed by atoms with E-state index in [1.807, 2.05) is 121 Å². The van der Waals surface area contributed by atoms with Crippen LogP contribution in [0.3, 0.4) is 0 Å². The van der Waals surface area contributed by atoms with Crippen LogP contribution >= 0.6 is 0 Å². The molecule has 4 aromatic carbocycles. The number of hydrogen-bond donors (Lipinski definition) is 3. The van der Waals surface area contributed by atoms with E-state index in [1.54, 1.807) is 0 Å². The van der Waals surface area contributed by atoms with E-state index in [9.17, 15) is 14.4 Å². The lowest BCUT2D eigenvalue weighted by molar-refractivity contribution is -0.199. The minimum atomic E-state index is -1.28. The first-order chi connectivity index (χ1) is 26.9. The zero-order valence-electron chi connectivity index (χ0n) is 33.1. The summed E-state index contributed by atoms with van der Waals surface area (Å²) in [7, 11) is -0.673. The van der Waals surface area contributed by atoms with Crippen molar-refractivity contribution >= 4 is 25.0 Å². The highest BCUT2D eigenvalue weighted by Gasteiger charge is 2.68. The van der Waals surface area contributed by atoms with Gasteiger partial charge in [0.15, 0.2) is 0 Å². The second-order valence-corrected chi connectivity index (χ2v) is 16.9. The summed E-state index contributed by atoms with van der Waals surface area (Å²) in [4.78, 5) is 42.5. The van der Waals surface area contributed by atoms with Crippen molar-refractivity contribution in [3.05, 3.63) is 144 Å². The number of alkyl carbamates (subject to hydrolysis) is 1. The van der Waals surface area contributed by atoms with Crippen LogP contribution in [0.15, 0.2) is 121 Å². The molecule has 4 aromatic rings. The summed E-state index contributed by atoms with van der Waals surface area (Å²) in [6, 6.07) is 37.3. The largest absolute Gasteiger partial charge is 0.481 e. The summed E-state index contributed by atoms with van der Waals surface area (Å²) < 4.78 is 19.0. The maximum Gasteiger partial charge on any atom is 0.481 e. The lowest BCUT2D eigenvalue weighted by atomic mass is 9.43. The highest BCUT2D eigenvalue weighted by molar-refractivity contribution is 6.48. The number of carbonyl (C=O) groups is 3. The van der Waals surface area contributed by atoms with Crippen LogP contribution in [-0.4, -0.2) is 48.7 Å². The molecule has 2 bridgehead atoms. The van der Waals surface area contributed by atoms with Crippen molar-refractivity contribution in [3.63, 3.8) is 0 Å². The summed E-state index contributed by atoms with van der Waals surface area (Å²) in [5.74, 6) is -0.356. The molecule has 1 aliphatic heterocycles. The second kappa shape index (κ2) is 16.3. The van der Waals surface area contributed by atoms with E-state index >= 15 is 0 Å². The Balaban J connectivity index is 1.16. The Bertz CT molecular complexity index is 1870. The van der Waals surface area contributed by atoms with Gasteiger partial charge in [-0.05, 0) is 71.6 Å². The third kappa shape index (κ3) is 7.87. The molecule has 10 heteroatoms. The van der Waals surface area contributed by atoms with Gasteiger partial charge in [-0.15, -0.1) is 0 Å². The lowest BCUT2D eigenvalue weighted by Crippen LogP contribution is -2.65. The van der Waals surface area contributed by atoms with E-state index in [-0.39, 0.29) is 30.5 Å². The average Bonchev–Trinajstić information content (AvgIpc) is 3.57. The molecule has 3 aliphatic carbocycles. The first-order valence-electron chi connectivity index (χ1n) is 20.0. The van der Waals surface area contributed by atoms with Gasteiger partial charge in [0.05, 0.1) is 24.1 Å². The maximum atomic E-state index is 14.6. The van der Waals surface area contributed by atoms with Crippen LogP contribution in [0, 0.1) is 23.2 Å². The number of amides is 3. The predicted molar refractivity (Wildman–Crippen MR) is 217 cm³/mol. The van der Waals surface area contributed by atoms with Crippen LogP contribution in [0.25, 0.3) is 0 Å². The standard InChI is InChI=1S/C46H54BN3O6/c1-31(2)26-40(47-55-39-28-36-27-38(44(36,3)4)45(39,5)56-47)49-42(52)37(48-43(53)54-30-32-18-10-6-11-19-32)29-41(51)50-46(33-20-12-7-13-21-33,34-22-14-8-15-23-34)35-24-16-9-17-25-35/h6-25,31,36-40H,26-30H2,1-5H3,(H,48,53)(H,49,52)(H,50,51)/t36-,37-,38-,39+,40-,45-/m0/s1. The molecular formula is C46H54BN3O6. The van der Waals surface area contributed by atoms with Crippen molar-refractivity contribution in [3.8, 4) is 0 Å². The monoisotopic (exact) mass is 755 g/mol. The molecule has 3 amide bonds. The van der Waals surface area contributed by atoms with Gasteiger partial charge in [-0.1, -0.05) is 149 Å². The molecule has 292 valence electrons. The van der Waals surface area contributed by atoms with Crippen LogP contribution in [0.2, 0.25) is 0 Å². The normalized spacial score (nSPS) is 23.2. The quantitative estimate of drug-likeness (QED) is 0.0904. The van der Waals surface area contributed by atoms with Gasteiger partial charge in [-0.2, -0.15) is 0 Å². The number of ether oxygens (including phenoxy) is 1. The van der Waals surface area contributed by atoms with Gasteiger partial charge < -0.3 is 30.0 Å². The molecule has 56 heavy (non-hydrogen) atoms. The fourth-order valence-corrected chi connectivity index (χ4v) is 9.44. The van der Waals surface area contributed by atoms with Gasteiger partial charge in [0.2, 0.25) is 11.8 Å². The molecule has 6 atom stereocenters. The van der Waals surface area contributed by atoms with Gasteiger partial charge in [0.25, 0.3) is 0 Å². The molecule has 3 N–H and O–H groups in total. The number of benzene rings is 4. The lowest BCUT2D eigenvalue weighted by Gasteiger charge is -2.64. The molecule has 0 unspecified atom stereocenters. The van der Waals surface area contributed by atoms with Crippen LogP contribution < -0.4 is 16.0 Å². The molecule has 4 aliphatic rings. The van der Waals surface area contributed by atoms with E-state index in [0.29, 0.717) is 18.3 Å². The van der Waals surface area contributed by atoms with E-state index in [0.717, 1.165) is 35.1 Å². The van der Waals surface area contributed by atoms with Gasteiger partial charge in [0, 0.05) is 0 Å². The van der Waals surface area contributed by atoms with Crippen LogP contribution in [-0.2, 0) is 35.8 Å². The van der Waals surface area contributed by atoms with Gasteiger partial charge >= 0.3 is 13.2 Å². The van der Waals surface area contributed by atoms with Gasteiger partial charge in [-0.3, -0.25) is 9.59 Å². The minimum Gasteiger partial charge on any atom is -0.445 e. The van der Waals surface area contributed by atoms with Gasteiger partial charge in [0.1, 0.15) is 18.2 Å². The zero-order chi connectivity index (χ0) is 39.5. The predicted octanol–water partition coefficient (Wildman–Crippen LogP) is 7.58. The molecule has 0 radical (unpaired) electrons. The Morgan fingerprint density at radius 3 is 1.84 bits per heavy atom. The molecule has 1 saturated heterocycles. The highest BCUT2D eigenvalue weighted by Crippen LogP contribution is 2.65. The molecule has 8 rings (SSSR count). The molecule has 0 spiro atoms. The van der Waals surface area contributed by atoms with Crippen LogP contribution in [0.1, 0.15) is 82.6 Å². The van der Waals surface area contributed by atoms with Crippen LogP contribution in [0.5, 0.6) is 0 Å². The fourth-order valence-electron chi connectivity index (χ4n) is 9.44. The third-order valence-electron chi connectivity index (χ3n) is 12.5. The minimum absolute atomic E-state index is 0.00451. The summed E-state index contributed by atoms with van der Waals surface area (Å²) >= 11 is 0. The van der Waals surface area contributed by atoms with Crippen molar-refractivity contribution < 1.29 is 28.4 Å². The maximum absolute atomic E-state index is 14.6. The molecule has 1 heterocycles. The van der Waals surface area contributed by atoms with Crippen molar-refractivity contribution in [2.24, 2.45) is 23.2 Å². The van der Waals surface area contributed by atoms with Crippen molar-refractivity contribution in [2.45, 2.75) is 96.1 Å². The highest BCUT2D eigenvalue weighted by atomic mass is 16.7. The molecule has 9 nitrogen and oxygen atoms in total. The molecule has 3 saturated carbocycles. The summed E-state index contributed by atoms with van der Waals surface area (Å²) in [6.07, 6.45) is 1.37. The number of hydrogen-bond acceptors (Lipinski definition) is 6. The smallest absolute Gasteiger partial charge is 0.445 e. The van der Waals surface area contributed by atoms with Crippen molar-refractivity contribution in [2.75, 3.05) is 0 Å². The van der Waals surface area contributed by atoms with E-state index in [1.165, 1.54) is 0 Å². The van der Waals surface area contributed by atoms with Gasteiger partial charge in [-0.25, -0.2) is 4.79 Å². The number of rotatable bonds is 14. The zero-order valence-corrected chi connectivity index (χ0v) is 33.1. The summed E-state index contributed by atoms with van der Waals surface area (Å²) in [5, 5.41) is 9.24. The average molecular weight is 756 g/mol. The Labute approximate surface area is 331 Å². The van der Waals surface area contributed by atoms with Crippen molar-refractivity contribution in [1.82, 2.24) is 16.0 Å². The Morgan fingerprint density at radius 2 is 1.32 bits per heavy atom. The Kier molecular flexibility index (Phi) is 11.4. The first-order valence-corrected chi connectivity index (χ1v) is 20.0. The van der Waals surface area contributed by atoms with E-state index in [2.05, 4.69) is 50.6 Å². The third-order valence-corrected chi connectivity index (χ3v) is 12.5. The van der Waals surface area contributed by atoms with E-state index in [4.69, 9.17) is 14.0 Å². The summed E-state index contributed by atoms with van der Waals surface area (Å²) in [5.41, 5.74) is 1.90. The summed E-state index contributed by atoms with van der Waals surface area (Å²) in [6.45, 7) is 11.0. The Hall–Kier alpha value is -4.93. The fraction of sp³-hybridized carbons (Fsp3) is 0.413. The SMILES string of the molecule is CC(C)C[C@H](NC(=O)[C@H](CC(=O)NC(c1ccccc1)(c1ccccc1)c1ccccc1)NC(=O)OCc1ccccc1)B1O[C@@H]2C[C@@H]3C[C@@H](C3(C)C)[C@]2(C)O1. The topological polar surface area (TPSA) is 115 Å².